The van der Waals surface area contributed by atoms with Crippen LogP contribution >= 0.6 is 0 Å². The molecule has 31 heavy (non-hydrogen) atoms. The number of unbranched alkanes of at least 4 members (excludes halogenated alkanes) is 2. The molecule has 1 aliphatic heterocycles. The molecule has 5 nitrogen and oxygen atoms in total. The third-order valence-electron chi connectivity index (χ3n) is 6.01. The maximum atomic E-state index is 12.5. The maximum absolute atomic E-state index is 12.5. The van der Waals surface area contributed by atoms with Crippen LogP contribution in [0.1, 0.15) is 44.2 Å². The molecule has 1 atom stereocenters. The van der Waals surface area contributed by atoms with Crippen molar-refractivity contribution in [3.63, 3.8) is 0 Å². The lowest BCUT2D eigenvalue weighted by molar-refractivity contribution is -0.150. The zero-order valence-corrected chi connectivity index (χ0v) is 19.1. The Hall–Kier alpha value is -2.37. The summed E-state index contributed by atoms with van der Waals surface area (Å²) in [5.74, 6) is -0.145. The molecule has 1 fully saturated rings. The molecule has 0 bridgehead atoms. The predicted octanol–water partition coefficient (Wildman–Crippen LogP) is 4.22. The molecule has 0 aliphatic carbocycles. The molecule has 1 unspecified atom stereocenters. The van der Waals surface area contributed by atoms with Gasteiger partial charge in [-0.3, -0.25) is 9.69 Å². The Kier molecular flexibility index (Phi) is 9.38. The molecule has 0 aromatic heterocycles. The van der Waals surface area contributed by atoms with Crippen LogP contribution in [0.15, 0.2) is 54.6 Å². The highest BCUT2D eigenvalue weighted by Gasteiger charge is 2.26. The summed E-state index contributed by atoms with van der Waals surface area (Å²) in [6, 6.07) is 18.5. The van der Waals surface area contributed by atoms with Gasteiger partial charge in [-0.2, -0.15) is 0 Å². The molecule has 0 spiro atoms. The summed E-state index contributed by atoms with van der Waals surface area (Å²) in [7, 11) is 0. The van der Waals surface area contributed by atoms with Crippen LogP contribution in [0, 0.1) is 0 Å². The van der Waals surface area contributed by atoms with Crippen LogP contribution in [-0.2, 0) is 22.7 Å². The van der Waals surface area contributed by atoms with Gasteiger partial charge in [0.1, 0.15) is 12.6 Å². The van der Waals surface area contributed by atoms with E-state index in [0.29, 0.717) is 6.61 Å². The Labute approximate surface area is 187 Å². The maximum Gasteiger partial charge on any atom is 0.323 e. The van der Waals surface area contributed by atoms with E-state index >= 15 is 0 Å². The average molecular weight is 424 g/mol. The minimum atomic E-state index is -0.216. The lowest BCUT2D eigenvalue weighted by Gasteiger charge is -2.38. The zero-order valence-electron chi connectivity index (χ0n) is 19.1. The Morgan fingerprint density at radius 2 is 1.68 bits per heavy atom. The summed E-state index contributed by atoms with van der Waals surface area (Å²) >= 11 is 0. The molecule has 168 valence electrons. The first-order valence-electron chi connectivity index (χ1n) is 11.7. The van der Waals surface area contributed by atoms with Gasteiger partial charge in [-0.25, -0.2) is 0 Å². The fourth-order valence-corrected chi connectivity index (χ4v) is 3.92. The first-order chi connectivity index (χ1) is 15.2. The monoisotopic (exact) mass is 423 g/mol. The van der Waals surface area contributed by atoms with Crippen molar-refractivity contribution in [2.45, 2.75) is 52.3 Å². The molecular weight excluding hydrogens is 386 g/mol. The van der Waals surface area contributed by atoms with Gasteiger partial charge >= 0.3 is 5.97 Å². The number of carbonyl (C=O) groups excluding carboxylic acids is 1. The van der Waals surface area contributed by atoms with Crippen LogP contribution in [0.2, 0.25) is 0 Å². The number of anilines is 1. The number of piperazine rings is 1. The molecule has 0 radical (unpaired) electrons. The molecule has 1 aliphatic rings. The summed E-state index contributed by atoms with van der Waals surface area (Å²) < 4.78 is 5.52. The summed E-state index contributed by atoms with van der Waals surface area (Å²) in [4.78, 5) is 17.1. The van der Waals surface area contributed by atoms with E-state index in [-0.39, 0.29) is 12.0 Å². The van der Waals surface area contributed by atoms with Crippen LogP contribution in [-0.4, -0.2) is 49.6 Å². The second-order valence-corrected chi connectivity index (χ2v) is 8.34. The highest BCUT2D eigenvalue weighted by molar-refractivity contribution is 5.75. The normalized spacial score (nSPS) is 15.6. The first-order valence-corrected chi connectivity index (χ1v) is 11.7. The molecule has 5 heteroatoms. The third-order valence-corrected chi connectivity index (χ3v) is 6.01. The van der Waals surface area contributed by atoms with Crippen molar-refractivity contribution in [2.75, 3.05) is 37.6 Å². The fourth-order valence-electron chi connectivity index (χ4n) is 3.92. The molecule has 2 aromatic rings. The lowest BCUT2D eigenvalue weighted by Crippen LogP contribution is -2.52. The quantitative estimate of drug-likeness (QED) is 0.433. The van der Waals surface area contributed by atoms with E-state index in [2.05, 4.69) is 46.3 Å². The van der Waals surface area contributed by atoms with Gasteiger partial charge < -0.3 is 15.0 Å². The fraction of sp³-hybridized carbons (Fsp3) is 0.500. The van der Waals surface area contributed by atoms with E-state index in [1.54, 1.807) is 0 Å². The predicted molar refractivity (Wildman–Crippen MR) is 127 cm³/mol. The van der Waals surface area contributed by atoms with E-state index in [1.807, 2.05) is 37.3 Å². The van der Waals surface area contributed by atoms with Crippen molar-refractivity contribution in [1.82, 2.24) is 10.2 Å². The number of ether oxygens (including phenoxy) is 1. The molecule has 2 aromatic carbocycles. The van der Waals surface area contributed by atoms with E-state index in [4.69, 9.17) is 4.74 Å². The van der Waals surface area contributed by atoms with E-state index in [9.17, 15) is 4.79 Å². The van der Waals surface area contributed by atoms with Crippen molar-refractivity contribution >= 4 is 11.7 Å². The number of benzene rings is 2. The number of nitrogens with zero attached hydrogens (tertiary/aromatic N) is 2. The molecule has 1 heterocycles. The third kappa shape index (κ3) is 7.37. The van der Waals surface area contributed by atoms with E-state index in [1.165, 1.54) is 30.5 Å². The molecule has 1 saturated heterocycles. The molecule has 0 amide bonds. The highest BCUT2D eigenvalue weighted by atomic mass is 16.5. The van der Waals surface area contributed by atoms with Gasteiger partial charge in [0, 0.05) is 38.4 Å². The van der Waals surface area contributed by atoms with Crippen LogP contribution in [0.4, 0.5) is 5.69 Å². The van der Waals surface area contributed by atoms with Gasteiger partial charge in [0.05, 0.1) is 0 Å². The van der Waals surface area contributed by atoms with Gasteiger partial charge in [-0.05, 0) is 43.1 Å². The van der Waals surface area contributed by atoms with E-state index < -0.39 is 0 Å². The number of rotatable bonds is 11. The van der Waals surface area contributed by atoms with Crippen LogP contribution in [0.25, 0.3) is 0 Å². The average Bonchev–Trinajstić information content (AvgIpc) is 2.83. The number of hydrogen-bond donors (Lipinski definition) is 1. The summed E-state index contributed by atoms with van der Waals surface area (Å²) in [5, 5.41) is 3.52. The minimum Gasteiger partial charge on any atom is -0.460 e. The van der Waals surface area contributed by atoms with Crippen molar-refractivity contribution in [3.8, 4) is 0 Å². The van der Waals surface area contributed by atoms with Gasteiger partial charge in [-0.15, -0.1) is 0 Å². The SMILES string of the molecule is CCCCCNCc1ccc(N2CCN(C(C)C(=O)OCc3ccccc3)CC2)cc1. The van der Waals surface area contributed by atoms with Crippen LogP contribution in [0.3, 0.4) is 0 Å². The molecule has 3 rings (SSSR count). The smallest absolute Gasteiger partial charge is 0.323 e. The van der Waals surface area contributed by atoms with Gasteiger partial charge in [-0.1, -0.05) is 62.2 Å². The Bertz CT molecular complexity index is 771. The van der Waals surface area contributed by atoms with Crippen molar-refractivity contribution in [1.29, 1.82) is 0 Å². The first kappa shape index (κ1) is 23.3. The standard InChI is InChI=1S/C26H37N3O2/c1-3-4-8-15-27-20-23-11-13-25(14-12-23)29-18-16-28(17-19-29)22(2)26(30)31-21-24-9-6-5-7-10-24/h5-7,9-14,22,27H,3-4,8,15-21H2,1-2H3. The van der Waals surface area contributed by atoms with Gasteiger partial charge in [0.15, 0.2) is 0 Å². The van der Waals surface area contributed by atoms with Crippen molar-refractivity contribution in [3.05, 3.63) is 65.7 Å². The van der Waals surface area contributed by atoms with Gasteiger partial charge in [0.25, 0.3) is 0 Å². The highest BCUT2D eigenvalue weighted by Crippen LogP contribution is 2.19. The minimum absolute atomic E-state index is 0.145. The lowest BCUT2D eigenvalue weighted by atomic mass is 10.1. The van der Waals surface area contributed by atoms with Crippen molar-refractivity contribution in [2.24, 2.45) is 0 Å². The zero-order chi connectivity index (χ0) is 21.9. The number of nitrogens with one attached hydrogen (secondary N) is 1. The Balaban J connectivity index is 1.39. The van der Waals surface area contributed by atoms with Gasteiger partial charge in [0.2, 0.25) is 0 Å². The Morgan fingerprint density at radius 3 is 2.35 bits per heavy atom. The Morgan fingerprint density at radius 1 is 0.968 bits per heavy atom. The van der Waals surface area contributed by atoms with E-state index in [0.717, 1.165) is 44.8 Å². The van der Waals surface area contributed by atoms with Crippen LogP contribution in [0.5, 0.6) is 0 Å². The second kappa shape index (κ2) is 12.5. The molecule has 1 N–H and O–H groups in total. The topological polar surface area (TPSA) is 44.8 Å². The van der Waals surface area contributed by atoms with Crippen LogP contribution < -0.4 is 10.2 Å². The molecular formula is C26H37N3O2. The number of esters is 1. The molecule has 0 saturated carbocycles. The summed E-state index contributed by atoms with van der Waals surface area (Å²) in [6.45, 7) is 10.1. The second-order valence-electron chi connectivity index (χ2n) is 8.34. The summed E-state index contributed by atoms with van der Waals surface area (Å²) in [5.41, 5.74) is 3.61. The number of carbonyl (C=O) groups is 1. The largest absolute Gasteiger partial charge is 0.460 e. The summed E-state index contributed by atoms with van der Waals surface area (Å²) in [6.07, 6.45) is 3.80. The number of hydrogen-bond acceptors (Lipinski definition) is 5. The van der Waals surface area contributed by atoms with Crippen molar-refractivity contribution < 1.29 is 9.53 Å².